The minimum Gasteiger partial charge on any atom is -0.349 e. The van der Waals surface area contributed by atoms with Gasteiger partial charge in [0.1, 0.15) is 0 Å². The fourth-order valence-electron chi connectivity index (χ4n) is 2.30. The van der Waals surface area contributed by atoms with Crippen LogP contribution in [0.25, 0.3) is 0 Å². The summed E-state index contributed by atoms with van der Waals surface area (Å²) in [5, 5.41) is 2.58. The number of likely N-dealkylation sites (tertiary alicyclic amines) is 1. The Kier molecular flexibility index (Phi) is 4.50. The largest absolute Gasteiger partial charge is 0.349 e. The normalized spacial score (nSPS) is 15.9. The van der Waals surface area contributed by atoms with Crippen LogP contribution in [-0.2, 0) is 4.79 Å². The molecule has 4 nitrogen and oxygen atoms in total. The van der Waals surface area contributed by atoms with Gasteiger partial charge in [-0.2, -0.15) is 0 Å². The van der Waals surface area contributed by atoms with E-state index in [0.29, 0.717) is 32.0 Å². The average molecular weight is 300 g/mol. The maximum Gasteiger partial charge on any atom is 0.254 e. The number of hydrogen-bond donors (Lipinski definition) is 1. The molecule has 1 aromatic rings. The van der Waals surface area contributed by atoms with Crippen molar-refractivity contribution in [2.45, 2.75) is 25.8 Å². The Morgan fingerprint density at radius 1 is 1.14 bits per heavy atom. The smallest absolute Gasteiger partial charge is 0.254 e. The van der Waals surface area contributed by atoms with Gasteiger partial charge in [-0.1, -0.05) is 0 Å². The molecule has 0 unspecified atom stereocenters. The van der Waals surface area contributed by atoms with E-state index in [0.717, 1.165) is 6.07 Å². The molecule has 0 aromatic heterocycles. The van der Waals surface area contributed by atoms with E-state index in [2.05, 4.69) is 5.32 Å². The second-order valence-corrected chi connectivity index (χ2v) is 4.98. The summed E-state index contributed by atoms with van der Waals surface area (Å²) in [6.07, 6.45) is 1.08. The number of nitrogens with zero attached hydrogens (tertiary/aromatic N) is 1. The summed E-state index contributed by atoms with van der Waals surface area (Å²) >= 11 is 0. The molecule has 1 N–H and O–H groups in total. The Morgan fingerprint density at radius 3 is 2.33 bits per heavy atom. The number of piperidine rings is 1. The van der Waals surface area contributed by atoms with Crippen LogP contribution in [0.1, 0.15) is 30.1 Å². The molecule has 1 aromatic carbocycles. The average Bonchev–Trinajstić information content (AvgIpc) is 2.45. The van der Waals surface area contributed by atoms with E-state index >= 15 is 0 Å². The molecule has 1 heterocycles. The van der Waals surface area contributed by atoms with E-state index in [1.165, 1.54) is 6.92 Å². The van der Waals surface area contributed by atoms with Crippen molar-refractivity contribution in [3.05, 3.63) is 35.1 Å². The summed E-state index contributed by atoms with van der Waals surface area (Å²) in [5.74, 6) is -5.30. The zero-order valence-electron chi connectivity index (χ0n) is 11.5. The Labute approximate surface area is 119 Å². The van der Waals surface area contributed by atoms with Crippen molar-refractivity contribution in [1.82, 2.24) is 10.2 Å². The van der Waals surface area contributed by atoms with Gasteiger partial charge in [0.2, 0.25) is 5.91 Å². The van der Waals surface area contributed by atoms with Gasteiger partial charge in [0.05, 0.1) is 5.56 Å². The molecule has 0 radical (unpaired) electrons. The molecule has 21 heavy (non-hydrogen) atoms. The standard InChI is InChI=1S/C14H15F3N2O2/c1-8(20)19-6-4-9(5-7-19)18-14(21)10-2-3-11(15)13(17)12(10)16/h2-3,9H,4-7H2,1H3,(H,18,21). The van der Waals surface area contributed by atoms with Gasteiger partial charge < -0.3 is 10.2 Å². The van der Waals surface area contributed by atoms with Crippen LogP contribution in [0.3, 0.4) is 0 Å². The summed E-state index contributed by atoms with van der Waals surface area (Å²) in [6.45, 7) is 2.47. The summed E-state index contributed by atoms with van der Waals surface area (Å²) in [7, 11) is 0. The van der Waals surface area contributed by atoms with Gasteiger partial charge in [0.15, 0.2) is 17.5 Å². The molecule has 7 heteroatoms. The van der Waals surface area contributed by atoms with E-state index in [4.69, 9.17) is 0 Å². The molecule has 1 fully saturated rings. The van der Waals surface area contributed by atoms with Gasteiger partial charge >= 0.3 is 0 Å². The quantitative estimate of drug-likeness (QED) is 0.847. The lowest BCUT2D eigenvalue weighted by molar-refractivity contribution is -0.129. The Morgan fingerprint density at radius 2 is 1.76 bits per heavy atom. The van der Waals surface area contributed by atoms with Crippen LogP contribution in [0, 0.1) is 17.5 Å². The predicted molar refractivity (Wildman–Crippen MR) is 69.1 cm³/mol. The van der Waals surface area contributed by atoms with Gasteiger partial charge in [-0.15, -0.1) is 0 Å². The van der Waals surface area contributed by atoms with Crippen LogP contribution in [0.15, 0.2) is 12.1 Å². The number of nitrogens with one attached hydrogen (secondary N) is 1. The number of benzene rings is 1. The fraction of sp³-hybridized carbons (Fsp3) is 0.429. The monoisotopic (exact) mass is 300 g/mol. The third-order valence-corrected chi connectivity index (χ3v) is 3.56. The summed E-state index contributed by atoms with van der Waals surface area (Å²) in [5.41, 5.74) is -0.525. The molecule has 0 atom stereocenters. The number of hydrogen-bond acceptors (Lipinski definition) is 2. The first kappa shape index (κ1) is 15.3. The van der Waals surface area contributed by atoms with Gasteiger partial charge in [-0.25, -0.2) is 13.2 Å². The third kappa shape index (κ3) is 3.34. The van der Waals surface area contributed by atoms with Gasteiger partial charge in [0.25, 0.3) is 5.91 Å². The maximum atomic E-state index is 13.5. The molecule has 0 aliphatic carbocycles. The first-order valence-electron chi connectivity index (χ1n) is 6.60. The molecule has 1 aliphatic heterocycles. The number of amides is 2. The summed E-state index contributed by atoms with van der Waals surface area (Å²) in [4.78, 5) is 24.7. The molecule has 2 amide bonds. The summed E-state index contributed by atoms with van der Waals surface area (Å²) < 4.78 is 39.4. The highest BCUT2D eigenvalue weighted by Gasteiger charge is 2.24. The van der Waals surface area contributed by atoms with Crippen molar-refractivity contribution in [1.29, 1.82) is 0 Å². The number of halogens is 3. The molecular formula is C14H15F3N2O2. The SMILES string of the molecule is CC(=O)N1CCC(NC(=O)c2ccc(F)c(F)c2F)CC1. The number of carbonyl (C=O) groups excluding carboxylic acids is 2. The third-order valence-electron chi connectivity index (χ3n) is 3.56. The van der Waals surface area contributed by atoms with Crippen molar-refractivity contribution in [3.8, 4) is 0 Å². The first-order valence-corrected chi connectivity index (χ1v) is 6.60. The minimum atomic E-state index is -1.66. The fourth-order valence-corrected chi connectivity index (χ4v) is 2.30. The molecule has 1 aliphatic rings. The molecular weight excluding hydrogens is 285 g/mol. The van der Waals surface area contributed by atoms with Crippen LogP contribution in [0.2, 0.25) is 0 Å². The zero-order chi connectivity index (χ0) is 15.6. The van der Waals surface area contributed by atoms with Crippen LogP contribution >= 0.6 is 0 Å². The molecule has 114 valence electrons. The molecule has 0 saturated carbocycles. The lowest BCUT2D eigenvalue weighted by Crippen LogP contribution is -2.46. The van der Waals surface area contributed by atoms with Crippen molar-refractivity contribution in [3.63, 3.8) is 0 Å². The number of rotatable bonds is 2. The second-order valence-electron chi connectivity index (χ2n) is 4.98. The molecule has 0 bridgehead atoms. The van der Waals surface area contributed by atoms with Gasteiger partial charge in [0, 0.05) is 26.1 Å². The molecule has 2 rings (SSSR count). The van der Waals surface area contributed by atoms with Gasteiger partial charge in [-0.3, -0.25) is 9.59 Å². The van der Waals surface area contributed by atoms with Gasteiger partial charge in [-0.05, 0) is 25.0 Å². The van der Waals surface area contributed by atoms with Crippen LogP contribution < -0.4 is 5.32 Å². The predicted octanol–water partition coefficient (Wildman–Crippen LogP) is 1.84. The van der Waals surface area contributed by atoms with E-state index in [1.54, 1.807) is 4.90 Å². The Hall–Kier alpha value is -2.05. The molecule has 1 saturated heterocycles. The van der Waals surface area contributed by atoms with Crippen LogP contribution in [-0.4, -0.2) is 35.8 Å². The highest BCUT2D eigenvalue weighted by atomic mass is 19.2. The van der Waals surface area contributed by atoms with Crippen molar-refractivity contribution < 1.29 is 22.8 Å². The highest BCUT2D eigenvalue weighted by Crippen LogP contribution is 2.16. The van der Waals surface area contributed by atoms with Crippen molar-refractivity contribution >= 4 is 11.8 Å². The lowest BCUT2D eigenvalue weighted by Gasteiger charge is -2.31. The van der Waals surface area contributed by atoms with E-state index in [-0.39, 0.29) is 11.9 Å². The van der Waals surface area contributed by atoms with Crippen LogP contribution in [0.5, 0.6) is 0 Å². The van der Waals surface area contributed by atoms with Crippen LogP contribution in [0.4, 0.5) is 13.2 Å². The van der Waals surface area contributed by atoms with Crippen molar-refractivity contribution in [2.75, 3.05) is 13.1 Å². The van der Waals surface area contributed by atoms with Crippen molar-refractivity contribution in [2.24, 2.45) is 0 Å². The van der Waals surface area contributed by atoms with E-state index < -0.39 is 28.9 Å². The lowest BCUT2D eigenvalue weighted by atomic mass is 10.0. The molecule has 0 spiro atoms. The first-order chi connectivity index (χ1) is 9.90. The minimum absolute atomic E-state index is 0.0357. The highest BCUT2D eigenvalue weighted by molar-refractivity contribution is 5.94. The summed E-state index contributed by atoms with van der Waals surface area (Å²) in [6, 6.07) is 1.40. The Bertz CT molecular complexity index is 570. The number of carbonyl (C=O) groups is 2. The topological polar surface area (TPSA) is 49.4 Å². The zero-order valence-corrected chi connectivity index (χ0v) is 11.5. The van der Waals surface area contributed by atoms with E-state index in [9.17, 15) is 22.8 Å². The van der Waals surface area contributed by atoms with E-state index in [1.807, 2.05) is 0 Å². The second kappa shape index (κ2) is 6.15. The maximum absolute atomic E-state index is 13.5. The Balaban J connectivity index is 2.00.